The molecule has 0 atom stereocenters. The van der Waals surface area contributed by atoms with Gasteiger partial charge in [0.25, 0.3) is 0 Å². The number of amides is 1. The van der Waals surface area contributed by atoms with Gasteiger partial charge in [-0.25, -0.2) is 10.2 Å². The van der Waals surface area contributed by atoms with Crippen LogP contribution >= 0.6 is 11.6 Å². The molecule has 0 saturated heterocycles. The number of carbonyl (C=O) groups excluding carboxylic acids is 1. The van der Waals surface area contributed by atoms with Gasteiger partial charge in [0.05, 0.1) is 20.4 Å². The second kappa shape index (κ2) is 8.79. The summed E-state index contributed by atoms with van der Waals surface area (Å²) in [7, 11) is 2.82. The molecular weight excluding hydrogens is 332 g/mol. The third-order valence-corrected chi connectivity index (χ3v) is 3.30. The maximum Gasteiger partial charge on any atom is 0.427 e. The average Bonchev–Trinajstić information content (AvgIpc) is 2.61. The highest BCUT2D eigenvalue weighted by atomic mass is 35.5. The Hall–Kier alpha value is -2.73. The summed E-state index contributed by atoms with van der Waals surface area (Å²) in [4.78, 5) is 10.9. The predicted molar refractivity (Wildman–Crippen MR) is 91.9 cm³/mol. The van der Waals surface area contributed by atoms with Crippen LogP contribution < -0.4 is 14.9 Å². The quantitative estimate of drug-likeness (QED) is 0.639. The maximum atomic E-state index is 10.9. The first-order valence-corrected chi connectivity index (χ1v) is 7.42. The molecule has 24 heavy (non-hydrogen) atoms. The topological polar surface area (TPSA) is 69.2 Å². The Morgan fingerprint density at radius 1 is 1.17 bits per heavy atom. The summed E-state index contributed by atoms with van der Waals surface area (Å²) in [5.41, 5.74) is 3.94. The van der Waals surface area contributed by atoms with Crippen molar-refractivity contribution in [3.8, 4) is 11.5 Å². The van der Waals surface area contributed by atoms with E-state index in [2.05, 4.69) is 15.3 Å². The van der Waals surface area contributed by atoms with Gasteiger partial charge in [0, 0.05) is 5.02 Å². The predicted octanol–water partition coefficient (Wildman–Crippen LogP) is 3.62. The summed E-state index contributed by atoms with van der Waals surface area (Å²) in [5, 5.41) is 4.44. The normalized spacial score (nSPS) is 10.5. The van der Waals surface area contributed by atoms with E-state index >= 15 is 0 Å². The molecule has 7 heteroatoms. The van der Waals surface area contributed by atoms with Crippen LogP contribution in [0.25, 0.3) is 0 Å². The second-order valence-electron chi connectivity index (χ2n) is 4.69. The fourth-order valence-corrected chi connectivity index (χ4v) is 1.96. The molecule has 0 heterocycles. The number of methoxy groups -OCH3 is 2. The number of nitrogens with one attached hydrogen (secondary N) is 1. The van der Waals surface area contributed by atoms with Gasteiger partial charge < -0.3 is 14.2 Å². The molecule has 2 rings (SSSR count). The van der Waals surface area contributed by atoms with Crippen LogP contribution in [0.4, 0.5) is 4.79 Å². The first-order valence-electron chi connectivity index (χ1n) is 7.04. The first kappa shape index (κ1) is 17.6. The fraction of sp³-hybridized carbons (Fsp3) is 0.176. The summed E-state index contributed by atoms with van der Waals surface area (Å²) >= 11 is 5.86. The number of hydrogen-bond acceptors (Lipinski definition) is 5. The third-order valence-electron chi connectivity index (χ3n) is 3.05. The molecule has 0 radical (unpaired) electrons. The number of ether oxygens (including phenoxy) is 3. The molecule has 0 saturated carbocycles. The van der Waals surface area contributed by atoms with Gasteiger partial charge in [-0.05, 0) is 41.5 Å². The number of hydrazone groups is 1. The molecule has 126 valence electrons. The van der Waals surface area contributed by atoms with Gasteiger partial charge >= 0.3 is 6.09 Å². The van der Waals surface area contributed by atoms with E-state index < -0.39 is 6.09 Å². The van der Waals surface area contributed by atoms with E-state index in [1.54, 1.807) is 25.3 Å². The van der Waals surface area contributed by atoms with Crippen LogP contribution in [0.5, 0.6) is 11.5 Å². The van der Waals surface area contributed by atoms with Crippen molar-refractivity contribution in [1.82, 2.24) is 5.43 Å². The van der Waals surface area contributed by atoms with Crippen LogP contribution in [0.15, 0.2) is 47.6 Å². The summed E-state index contributed by atoms with van der Waals surface area (Å²) in [6.45, 7) is 0.394. The molecule has 0 aliphatic carbocycles. The van der Waals surface area contributed by atoms with Gasteiger partial charge in [0.1, 0.15) is 6.61 Å². The van der Waals surface area contributed by atoms with Crippen LogP contribution in [0.2, 0.25) is 5.02 Å². The maximum absolute atomic E-state index is 10.9. The highest BCUT2D eigenvalue weighted by Crippen LogP contribution is 2.28. The lowest BCUT2D eigenvalue weighted by Gasteiger charge is -2.11. The highest BCUT2D eigenvalue weighted by molar-refractivity contribution is 6.30. The van der Waals surface area contributed by atoms with Crippen LogP contribution in [-0.4, -0.2) is 26.5 Å². The van der Waals surface area contributed by atoms with Gasteiger partial charge in [-0.2, -0.15) is 5.10 Å². The van der Waals surface area contributed by atoms with Gasteiger partial charge in [-0.1, -0.05) is 23.7 Å². The molecule has 2 aromatic rings. The van der Waals surface area contributed by atoms with E-state index in [-0.39, 0.29) is 0 Å². The van der Waals surface area contributed by atoms with Gasteiger partial charge in [0.15, 0.2) is 11.5 Å². The van der Waals surface area contributed by atoms with E-state index in [0.717, 1.165) is 11.1 Å². The number of halogens is 1. The van der Waals surface area contributed by atoms with Crippen molar-refractivity contribution in [1.29, 1.82) is 0 Å². The van der Waals surface area contributed by atoms with Crippen LogP contribution in [-0.2, 0) is 11.3 Å². The lowest BCUT2D eigenvalue weighted by atomic mass is 10.2. The smallest absolute Gasteiger partial charge is 0.427 e. The Morgan fingerprint density at radius 2 is 1.92 bits per heavy atom. The Kier molecular flexibility index (Phi) is 6.45. The minimum atomic E-state index is -0.638. The molecule has 1 N–H and O–H groups in total. The first-order chi connectivity index (χ1) is 11.6. The zero-order valence-electron chi connectivity index (χ0n) is 13.3. The largest absolute Gasteiger partial charge is 0.493 e. The second-order valence-corrected chi connectivity index (χ2v) is 5.12. The van der Waals surface area contributed by atoms with E-state index in [9.17, 15) is 4.79 Å². The Morgan fingerprint density at radius 3 is 2.58 bits per heavy atom. The number of hydrogen-bond donors (Lipinski definition) is 1. The van der Waals surface area contributed by atoms with E-state index in [1.807, 2.05) is 24.3 Å². The van der Waals surface area contributed by atoms with Crippen molar-refractivity contribution in [2.24, 2.45) is 5.10 Å². The van der Waals surface area contributed by atoms with Crippen LogP contribution in [0, 0.1) is 0 Å². The molecule has 6 nitrogen and oxygen atoms in total. The monoisotopic (exact) mass is 348 g/mol. The molecule has 0 bridgehead atoms. The van der Waals surface area contributed by atoms with E-state index in [1.165, 1.54) is 13.3 Å². The summed E-state index contributed by atoms with van der Waals surface area (Å²) < 4.78 is 15.5. The zero-order valence-corrected chi connectivity index (χ0v) is 14.0. The standard InChI is InChI=1S/C17H17ClN2O4/c1-22-16-9-13(10-19-20-17(21)23-2)5-8-15(16)24-11-12-3-6-14(18)7-4-12/h3-10H,11H2,1-2H3,(H,20,21)/b19-10-. The van der Waals surface area contributed by atoms with Crippen molar-refractivity contribution >= 4 is 23.9 Å². The molecule has 2 aromatic carbocycles. The third kappa shape index (κ3) is 5.17. The summed E-state index contributed by atoms with van der Waals surface area (Å²) in [6.07, 6.45) is 0.837. The lowest BCUT2D eigenvalue weighted by molar-refractivity contribution is 0.171. The lowest BCUT2D eigenvalue weighted by Crippen LogP contribution is -2.16. The van der Waals surface area contributed by atoms with E-state index in [0.29, 0.717) is 23.1 Å². The van der Waals surface area contributed by atoms with Crippen LogP contribution in [0.3, 0.4) is 0 Å². The van der Waals surface area contributed by atoms with Gasteiger partial charge in [-0.3, -0.25) is 0 Å². The van der Waals surface area contributed by atoms with Crippen molar-refractivity contribution in [2.75, 3.05) is 14.2 Å². The molecule has 0 unspecified atom stereocenters. The average molecular weight is 349 g/mol. The molecule has 0 spiro atoms. The van der Waals surface area contributed by atoms with Crippen molar-refractivity contribution in [3.63, 3.8) is 0 Å². The highest BCUT2D eigenvalue weighted by Gasteiger charge is 2.06. The summed E-state index contributed by atoms with van der Waals surface area (Å²) in [5.74, 6) is 1.16. The SMILES string of the molecule is COC(=O)N/N=C\c1ccc(OCc2ccc(Cl)cc2)c(OC)c1. The van der Waals surface area contributed by atoms with Gasteiger partial charge in [-0.15, -0.1) is 0 Å². The van der Waals surface area contributed by atoms with Crippen molar-refractivity contribution in [3.05, 3.63) is 58.6 Å². The van der Waals surface area contributed by atoms with Crippen LogP contribution in [0.1, 0.15) is 11.1 Å². The number of carbonyl (C=O) groups is 1. The van der Waals surface area contributed by atoms with E-state index in [4.69, 9.17) is 21.1 Å². The Balaban J connectivity index is 2.02. The summed E-state index contributed by atoms with van der Waals surface area (Å²) in [6, 6.07) is 12.7. The van der Waals surface area contributed by atoms with Crippen molar-refractivity contribution in [2.45, 2.75) is 6.61 Å². The molecule has 0 aliphatic rings. The number of benzene rings is 2. The fourth-order valence-electron chi connectivity index (χ4n) is 1.83. The zero-order chi connectivity index (χ0) is 17.4. The minimum absolute atomic E-state index is 0.394. The van der Waals surface area contributed by atoms with Gasteiger partial charge in [0.2, 0.25) is 0 Å². The molecule has 0 fully saturated rings. The number of rotatable bonds is 6. The minimum Gasteiger partial charge on any atom is -0.493 e. The molecule has 0 aliphatic heterocycles. The molecular formula is C17H17ClN2O4. The molecule has 0 aromatic heterocycles. The molecule has 1 amide bonds. The Labute approximate surface area is 145 Å². The Bertz CT molecular complexity index is 717. The van der Waals surface area contributed by atoms with Crippen molar-refractivity contribution < 1.29 is 19.0 Å². The number of nitrogens with zero attached hydrogens (tertiary/aromatic N) is 1.